The third-order valence-electron chi connectivity index (χ3n) is 5.95. The van der Waals surface area contributed by atoms with Crippen molar-refractivity contribution in [3.63, 3.8) is 0 Å². The molecule has 1 aliphatic carbocycles. The third-order valence-corrected chi connectivity index (χ3v) is 7.59. The van der Waals surface area contributed by atoms with Crippen molar-refractivity contribution >= 4 is 36.6 Å². The van der Waals surface area contributed by atoms with E-state index in [4.69, 9.17) is 14.8 Å². The quantitative estimate of drug-likeness (QED) is 0.184. The van der Waals surface area contributed by atoms with E-state index in [0.29, 0.717) is 35.7 Å². The number of aliphatic carboxylic acids is 1. The van der Waals surface area contributed by atoms with Gasteiger partial charge in [0.05, 0.1) is 19.0 Å². The van der Waals surface area contributed by atoms with E-state index in [1.54, 1.807) is 36.7 Å². The summed E-state index contributed by atoms with van der Waals surface area (Å²) in [5.41, 5.74) is 7.22. The monoisotopic (exact) mass is 544 g/mol. The number of fused-ring (bicyclic) bond motifs is 1. The van der Waals surface area contributed by atoms with Crippen LogP contribution in [-0.2, 0) is 13.9 Å². The highest BCUT2D eigenvalue weighted by atomic mass is 31.2. The molecule has 1 aromatic carbocycles. The molecule has 3 aromatic rings. The molecule has 0 amide bonds. The van der Waals surface area contributed by atoms with E-state index in [1.165, 1.54) is 6.92 Å². The van der Waals surface area contributed by atoms with Crippen molar-refractivity contribution in [1.29, 1.82) is 0 Å². The Hall–Kier alpha value is -3.51. The summed E-state index contributed by atoms with van der Waals surface area (Å²) in [6.45, 7) is 2.92. The van der Waals surface area contributed by atoms with Crippen LogP contribution in [0.5, 0.6) is 5.75 Å². The van der Waals surface area contributed by atoms with Crippen LogP contribution in [0.25, 0.3) is 11.2 Å². The summed E-state index contributed by atoms with van der Waals surface area (Å²) in [4.78, 5) is 26.7. The molecule has 4 rings (SSSR count). The van der Waals surface area contributed by atoms with Gasteiger partial charge in [-0.1, -0.05) is 30.4 Å². The molecular weight excluding hydrogens is 511 g/mol. The van der Waals surface area contributed by atoms with Gasteiger partial charge in [0.15, 0.2) is 17.0 Å². The number of hydrogen-bond donors (Lipinski definition) is 4. The van der Waals surface area contributed by atoms with Gasteiger partial charge in [-0.2, -0.15) is 15.1 Å². The zero-order valence-corrected chi connectivity index (χ0v) is 22.4. The van der Waals surface area contributed by atoms with Gasteiger partial charge < -0.3 is 30.1 Å². The Bertz CT molecular complexity index is 1330. The van der Waals surface area contributed by atoms with E-state index < -0.39 is 19.8 Å². The summed E-state index contributed by atoms with van der Waals surface area (Å²) in [6, 6.07) is 7.25. The molecular formula is C24H33N8O5P. The smallest absolute Gasteiger partial charge is 0.459 e. The maximum Gasteiger partial charge on any atom is 0.459 e. The number of likely N-dealkylation sites (N-methyl/N-ethyl adjacent to an activating group) is 1. The molecule has 204 valence electrons. The fraction of sp³-hybridized carbons (Fsp3) is 0.417. The van der Waals surface area contributed by atoms with Gasteiger partial charge in [0.2, 0.25) is 5.95 Å². The van der Waals surface area contributed by atoms with Crippen molar-refractivity contribution in [1.82, 2.24) is 29.5 Å². The summed E-state index contributed by atoms with van der Waals surface area (Å²) < 4.78 is 26.7. The summed E-state index contributed by atoms with van der Waals surface area (Å²) in [5, 5.41) is 15.1. The number of rotatable bonds is 13. The maximum absolute atomic E-state index is 13.4. The lowest BCUT2D eigenvalue weighted by atomic mass is 10.1. The summed E-state index contributed by atoms with van der Waals surface area (Å²) in [5.74, 6) is -0.254. The number of imidazole rings is 1. The van der Waals surface area contributed by atoms with Crippen molar-refractivity contribution in [3.05, 3.63) is 48.8 Å². The molecule has 14 heteroatoms. The highest BCUT2D eigenvalue weighted by Gasteiger charge is 2.33. The van der Waals surface area contributed by atoms with E-state index in [2.05, 4.69) is 30.3 Å². The predicted molar refractivity (Wildman–Crippen MR) is 144 cm³/mol. The van der Waals surface area contributed by atoms with Gasteiger partial charge in [-0.3, -0.25) is 9.32 Å². The number of nitrogens with one attached hydrogen (secondary N) is 2. The van der Waals surface area contributed by atoms with Crippen molar-refractivity contribution in [2.24, 2.45) is 5.92 Å². The highest BCUT2D eigenvalue weighted by Crippen LogP contribution is 2.46. The standard InChI is InChI=1S/C24H33N8O5P/c1-16(23(33)34)30-38(35,37-19-7-5-4-6-8-19)36-14-17-9-10-18(13-17)32-15-27-20-21(26-11-12-31(2)3)28-24(25)29-22(20)32/h4-10,15-18H,11-14H2,1-3H3,(H,30,35)(H,33,34)(H3,25,26,28,29)/t16?,17-,18+,38-/m1/s1. The van der Waals surface area contributed by atoms with Crippen molar-refractivity contribution < 1.29 is 23.5 Å². The molecule has 1 aliphatic rings. The number of carboxylic acid groups (broad SMARTS) is 1. The molecule has 0 bridgehead atoms. The minimum Gasteiger partial charge on any atom is -0.480 e. The first-order chi connectivity index (χ1) is 18.1. The number of nitrogen functional groups attached to an aromatic ring is 1. The molecule has 0 aliphatic heterocycles. The lowest BCUT2D eigenvalue weighted by Crippen LogP contribution is -2.33. The van der Waals surface area contributed by atoms with Gasteiger partial charge >= 0.3 is 13.7 Å². The average molecular weight is 545 g/mol. The topological polar surface area (TPSA) is 170 Å². The Balaban J connectivity index is 1.44. The fourth-order valence-electron chi connectivity index (χ4n) is 3.98. The van der Waals surface area contributed by atoms with Crippen LogP contribution in [0, 0.1) is 5.92 Å². The second-order valence-corrected chi connectivity index (χ2v) is 11.0. The molecule has 0 saturated heterocycles. The van der Waals surface area contributed by atoms with Crippen molar-refractivity contribution in [2.45, 2.75) is 25.4 Å². The Morgan fingerprint density at radius 3 is 2.76 bits per heavy atom. The van der Waals surface area contributed by atoms with E-state index in [1.807, 2.05) is 30.8 Å². The van der Waals surface area contributed by atoms with Gasteiger partial charge in [0.1, 0.15) is 11.8 Å². The van der Waals surface area contributed by atoms with E-state index >= 15 is 0 Å². The average Bonchev–Trinajstić information content (AvgIpc) is 3.50. The number of aromatic nitrogens is 4. The van der Waals surface area contributed by atoms with E-state index in [0.717, 1.165) is 6.54 Å². The molecule has 0 fully saturated rings. The first-order valence-electron chi connectivity index (χ1n) is 12.2. The summed E-state index contributed by atoms with van der Waals surface area (Å²) in [7, 11) is -0.00959. The number of carbonyl (C=O) groups is 1. The maximum atomic E-state index is 13.4. The second-order valence-electron chi connectivity index (χ2n) is 9.32. The Morgan fingerprint density at radius 2 is 2.05 bits per heavy atom. The SMILES string of the molecule is CC(N[P@@](=O)(OC[C@@H]1C=C[C@H](n2cnc3c(NCCN(C)C)nc(N)nc32)C1)Oc1ccccc1)C(=O)O. The van der Waals surface area contributed by atoms with Crippen molar-refractivity contribution in [2.75, 3.05) is 44.8 Å². The first-order valence-corrected chi connectivity index (χ1v) is 13.7. The molecule has 2 heterocycles. The van der Waals surface area contributed by atoms with E-state index in [9.17, 15) is 14.5 Å². The molecule has 0 saturated carbocycles. The van der Waals surface area contributed by atoms with Crippen LogP contribution in [0.4, 0.5) is 11.8 Å². The number of carboxylic acids is 1. The lowest BCUT2D eigenvalue weighted by Gasteiger charge is -2.23. The van der Waals surface area contributed by atoms with Crippen LogP contribution in [0.1, 0.15) is 19.4 Å². The molecule has 2 aromatic heterocycles. The molecule has 0 spiro atoms. The Morgan fingerprint density at radius 1 is 1.29 bits per heavy atom. The molecule has 5 N–H and O–H groups in total. The number of benzene rings is 1. The zero-order chi connectivity index (χ0) is 27.3. The zero-order valence-electron chi connectivity index (χ0n) is 21.5. The Labute approximate surface area is 220 Å². The van der Waals surface area contributed by atoms with Gasteiger partial charge in [-0.05, 0) is 39.6 Å². The van der Waals surface area contributed by atoms with Gasteiger partial charge in [0.25, 0.3) is 0 Å². The minimum atomic E-state index is -3.99. The largest absolute Gasteiger partial charge is 0.480 e. The van der Waals surface area contributed by atoms with Crippen LogP contribution in [0.2, 0.25) is 0 Å². The van der Waals surface area contributed by atoms with Crippen LogP contribution in [-0.4, -0.2) is 75.3 Å². The van der Waals surface area contributed by atoms with Crippen molar-refractivity contribution in [3.8, 4) is 5.75 Å². The molecule has 38 heavy (non-hydrogen) atoms. The van der Waals surface area contributed by atoms with Gasteiger partial charge in [0, 0.05) is 19.0 Å². The van der Waals surface area contributed by atoms with Crippen LogP contribution in [0.3, 0.4) is 0 Å². The normalized spacial score (nSPS) is 19.5. The molecule has 0 radical (unpaired) electrons. The number of allylic oxidation sites excluding steroid dienone is 1. The molecule has 4 atom stereocenters. The number of anilines is 2. The first kappa shape index (κ1) is 27.5. The number of para-hydroxylation sites is 1. The third kappa shape index (κ3) is 6.87. The predicted octanol–water partition coefficient (Wildman–Crippen LogP) is 2.77. The summed E-state index contributed by atoms with van der Waals surface area (Å²) >= 11 is 0. The highest BCUT2D eigenvalue weighted by molar-refractivity contribution is 7.52. The van der Waals surface area contributed by atoms with Crippen LogP contribution < -0.4 is 20.7 Å². The number of hydrogen-bond acceptors (Lipinski definition) is 10. The second kappa shape index (κ2) is 11.9. The van der Waals surface area contributed by atoms with Crippen LogP contribution in [0.15, 0.2) is 48.8 Å². The minimum absolute atomic E-state index is 0.0531. The number of nitrogens with zero attached hydrogens (tertiary/aromatic N) is 5. The fourth-order valence-corrected chi connectivity index (χ4v) is 5.53. The Kier molecular flexibility index (Phi) is 8.62. The number of nitrogens with two attached hydrogens (primary N) is 1. The van der Waals surface area contributed by atoms with E-state index in [-0.39, 0.29) is 24.5 Å². The summed E-state index contributed by atoms with van der Waals surface area (Å²) in [6.07, 6.45) is 6.29. The molecule has 13 nitrogen and oxygen atoms in total. The van der Waals surface area contributed by atoms with Gasteiger partial charge in [-0.25, -0.2) is 9.55 Å². The van der Waals surface area contributed by atoms with Gasteiger partial charge in [-0.15, -0.1) is 0 Å². The lowest BCUT2D eigenvalue weighted by molar-refractivity contribution is -0.138. The molecule has 1 unspecified atom stereocenters. The van der Waals surface area contributed by atoms with Crippen LogP contribution >= 0.6 is 7.75 Å².